The Morgan fingerprint density at radius 3 is 2.81 bits per heavy atom. The van der Waals surface area contributed by atoms with Crippen molar-refractivity contribution < 1.29 is 0 Å². The van der Waals surface area contributed by atoms with Crippen molar-refractivity contribution in [1.82, 2.24) is 4.98 Å². The van der Waals surface area contributed by atoms with Crippen LogP contribution in [0.5, 0.6) is 0 Å². The minimum Gasteiger partial charge on any atom is -0.361 e. The van der Waals surface area contributed by atoms with Gasteiger partial charge in [0.15, 0.2) is 0 Å². The molecule has 0 saturated carbocycles. The van der Waals surface area contributed by atoms with E-state index in [-0.39, 0.29) is 0 Å². The van der Waals surface area contributed by atoms with Crippen molar-refractivity contribution in [1.29, 1.82) is 0 Å². The normalized spacial score (nSPS) is 11.5. The smallest absolute Gasteiger partial charge is 0.0508 e. The van der Waals surface area contributed by atoms with Crippen LogP contribution in [0.15, 0.2) is 53.7 Å². The van der Waals surface area contributed by atoms with Crippen LogP contribution in [-0.4, -0.2) is 17.7 Å². The molecule has 1 heterocycles. The molecule has 0 radical (unpaired) electrons. The fourth-order valence-electron chi connectivity index (χ4n) is 2.29. The van der Waals surface area contributed by atoms with E-state index in [0.29, 0.717) is 10.0 Å². The summed E-state index contributed by atoms with van der Waals surface area (Å²) in [6.07, 6.45) is 4.74. The molecule has 0 unspecified atom stereocenters. The third-order valence-electron chi connectivity index (χ3n) is 3.38. The Morgan fingerprint density at radius 1 is 1.10 bits per heavy atom. The maximum absolute atomic E-state index is 6.11. The van der Waals surface area contributed by atoms with Gasteiger partial charge in [-0.3, -0.25) is 4.99 Å². The molecule has 0 amide bonds. The van der Waals surface area contributed by atoms with Crippen molar-refractivity contribution in [3.8, 4) is 0 Å². The number of hydrogen-bond donors (Lipinski definition) is 1. The standard InChI is InChI=1S/C17H14Cl2N2/c18-14-6-5-13(16(19)9-14)10-20-8-7-12-11-21-17-4-2-1-3-15(12)17/h1-6,9-11,21H,7-8H2. The van der Waals surface area contributed by atoms with E-state index in [9.17, 15) is 0 Å². The highest BCUT2D eigenvalue weighted by atomic mass is 35.5. The predicted octanol–water partition coefficient (Wildman–Crippen LogP) is 5.14. The maximum atomic E-state index is 6.11. The Labute approximate surface area is 133 Å². The predicted molar refractivity (Wildman–Crippen MR) is 90.9 cm³/mol. The van der Waals surface area contributed by atoms with Crippen LogP contribution in [0.3, 0.4) is 0 Å². The van der Waals surface area contributed by atoms with Crippen LogP contribution >= 0.6 is 23.2 Å². The molecule has 0 aliphatic rings. The SMILES string of the molecule is Clc1ccc(C=NCCc2c[nH]c3ccccc23)c(Cl)c1. The third kappa shape index (κ3) is 3.29. The second kappa shape index (κ2) is 6.33. The van der Waals surface area contributed by atoms with Crippen molar-refractivity contribution in [2.75, 3.05) is 6.54 Å². The topological polar surface area (TPSA) is 28.1 Å². The third-order valence-corrected chi connectivity index (χ3v) is 3.94. The van der Waals surface area contributed by atoms with Crippen LogP contribution in [0.4, 0.5) is 0 Å². The number of nitrogens with zero attached hydrogens (tertiary/aromatic N) is 1. The molecule has 3 aromatic rings. The lowest BCUT2D eigenvalue weighted by Gasteiger charge is -1.99. The van der Waals surface area contributed by atoms with E-state index >= 15 is 0 Å². The van der Waals surface area contributed by atoms with Gasteiger partial charge in [-0.2, -0.15) is 0 Å². The molecule has 21 heavy (non-hydrogen) atoms. The first-order chi connectivity index (χ1) is 10.2. The number of para-hydroxylation sites is 1. The molecule has 2 aromatic carbocycles. The molecule has 3 rings (SSSR count). The number of halogens is 2. The van der Waals surface area contributed by atoms with Gasteiger partial charge in [0.2, 0.25) is 0 Å². The quantitative estimate of drug-likeness (QED) is 0.646. The molecule has 0 spiro atoms. The number of nitrogens with one attached hydrogen (secondary N) is 1. The molecule has 2 nitrogen and oxygen atoms in total. The van der Waals surface area contributed by atoms with Crippen LogP contribution < -0.4 is 0 Å². The van der Waals surface area contributed by atoms with Crippen LogP contribution in [-0.2, 0) is 6.42 Å². The summed E-state index contributed by atoms with van der Waals surface area (Å²) in [5.74, 6) is 0. The number of rotatable bonds is 4. The van der Waals surface area contributed by atoms with Gasteiger partial charge in [-0.1, -0.05) is 47.5 Å². The molecule has 0 aliphatic carbocycles. The van der Waals surface area contributed by atoms with Crippen LogP contribution in [0.25, 0.3) is 10.9 Å². The summed E-state index contributed by atoms with van der Waals surface area (Å²) >= 11 is 12.0. The van der Waals surface area contributed by atoms with Crippen LogP contribution in [0.1, 0.15) is 11.1 Å². The largest absolute Gasteiger partial charge is 0.361 e. The zero-order valence-corrected chi connectivity index (χ0v) is 12.8. The monoisotopic (exact) mass is 316 g/mol. The van der Waals surface area contributed by atoms with Crippen LogP contribution in [0, 0.1) is 0 Å². The Balaban J connectivity index is 1.67. The Morgan fingerprint density at radius 2 is 1.95 bits per heavy atom. The van der Waals surface area contributed by atoms with Gasteiger partial charge in [0, 0.05) is 40.4 Å². The first-order valence-corrected chi connectivity index (χ1v) is 7.49. The number of hydrogen-bond acceptors (Lipinski definition) is 1. The molecule has 0 bridgehead atoms. The zero-order chi connectivity index (χ0) is 14.7. The molecule has 0 aliphatic heterocycles. The van der Waals surface area contributed by atoms with Gasteiger partial charge in [-0.15, -0.1) is 0 Å². The lowest BCUT2D eigenvalue weighted by molar-refractivity contribution is 0.981. The first-order valence-electron chi connectivity index (χ1n) is 6.74. The fraction of sp³-hybridized carbons (Fsp3) is 0.118. The first kappa shape index (κ1) is 14.2. The van der Waals surface area contributed by atoms with E-state index in [4.69, 9.17) is 23.2 Å². The van der Waals surface area contributed by atoms with E-state index < -0.39 is 0 Å². The Bertz CT molecular complexity index is 790. The summed E-state index contributed by atoms with van der Waals surface area (Å²) in [7, 11) is 0. The van der Waals surface area contributed by atoms with Gasteiger partial charge in [-0.05, 0) is 30.2 Å². The molecule has 0 saturated heterocycles. The average Bonchev–Trinajstić information content (AvgIpc) is 2.89. The average molecular weight is 317 g/mol. The Hall–Kier alpha value is -1.77. The van der Waals surface area contributed by atoms with Gasteiger partial charge in [-0.25, -0.2) is 0 Å². The van der Waals surface area contributed by atoms with Gasteiger partial charge >= 0.3 is 0 Å². The number of aromatic nitrogens is 1. The summed E-state index contributed by atoms with van der Waals surface area (Å²) in [4.78, 5) is 7.72. The second-order valence-corrected chi connectivity index (χ2v) is 5.65. The highest BCUT2D eigenvalue weighted by Crippen LogP contribution is 2.20. The van der Waals surface area contributed by atoms with Crippen molar-refractivity contribution in [2.24, 2.45) is 4.99 Å². The number of aromatic amines is 1. The maximum Gasteiger partial charge on any atom is 0.0508 e. The molecule has 0 fully saturated rings. The van der Waals surface area contributed by atoms with Crippen molar-refractivity contribution in [3.63, 3.8) is 0 Å². The highest BCUT2D eigenvalue weighted by molar-refractivity contribution is 6.36. The molecule has 0 atom stereocenters. The lowest BCUT2D eigenvalue weighted by atomic mass is 10.1. The molecule has 106 valence electrons. The van der Waals surface area contributed by atoms with E-state index in [1.54, 1.807) is 12.3 Å². The van der Waals surface area contributed by atoms with Crippen molar-refractivity contribution in [3.05, 3.63) is 69.8 Å². The number of benzene rings is 2. The minimum absolute atomic E-state index is 0.623. The van der Waals surface area contributed by atoms with Crippen molar-refractivity contribution >= 4 is 40.3 Å². The summed E-state index contributed by atoms with van der Waals surface area (Å²) in [5, 5.41) is 2.52. The molecular formula is C17H14Cl2N2. The number of H-pyrrole nitrogens is 1. The minimum atomic E-state index is 0.623. The van der Waals surface area contributed by atoms with Crippen molar-refractivity contribution in [2.45, 2.75) is 6.42 Å². The summed E-state index contributed by atoms with van der Waals surface area (Å²) in [6, 6.07) is 13.7. The summed E-state index contributed by atoms with van der Waals surface area (Å²) in [6.45, 7) is 0.723. The van der Waals surface area contributed by atoms with Crippen LogP contribution in [0.2, 0.25) is 10.0 Å². The van der Waals surface area contributed by atoms with E-state index in [2.05, 4.69) is 34.4 Å². The van der Waals surface area contributed by atoms with Gasteiger partial charge in [0.05, 0.1) is 5.02 Å². The van der Waals surface area contributed by atoms with Gasteiger partial charge < -0.3 is 4.98 Å². The van der Waals surface area contributed by atoms with E-state index in [1.807, 2.05) is 18.2 Å². The van der Waals surface area contributed by atoms with Gasteiger partial charge in [0.1, 0.15) is 0 Å². The van der Waals surface area contributed by atoms with Gasteiger partial charge in [0.25, 0.3) is 0 Å². The molecule has 1 N–H and O–H groups in total. The highest BCUT2D eigenvalue weighted by Gasteiger charge is 2.02. The molecule has 4 heteroatoms. The van der Waals surface area contributed by atoms with E-state index in [0.717, 1.165) is 24.0 Å². The fourth-order valence-corrected chi connectivity index (χ4v) is 2.75. The molecule has 1 aromatic heterocycles. The zero-order valence-electron chi connectivity index (χ0n) is 11.3. The number of aliphatic imine (C=N–C) groups is 1. The number of fused-ring (bicyclic) bond motifs is 1. The summed E-state index contributed by atoms with van der Waals surface area (Å²) < 4.78 is 0. The second-order valence-electron chi connectivity index (χ2n) is 4.81. The molecular weight excluding hydrogens is 303 g/mol. The summed E-state index contributed by atoms with van der Waals surface area (Å²) in [5.41, 5.74) is 3.34. The van der Waals surface area contributed by atoms with E-state index in [1.165, 1.54) is 10.9 Å². The Kier molecular flexibility index (Phi) is 4.28. The lowest BCUT2D eigenvalue weighted by Crippen LogP contribution is -1.90.